The van der Waals surface area contributed by atoms with Crippen molar-refractivity contribution in [3.8, 4) is 23.0 Å². The van der Waals surface area contributed by atoms with E-state index in [-0.39, 0.29) is 0 Å². The van der Waals surface area contributed by atoms with Gasteiger partial charge in [-0.15, -0.1) is 0 Å². The molecule has 2 aromatic carbocycles. The van der Waals surface area contributed by atoms with Gasteiger partial charge < -0.3 is 24.3 Å². The molecule has 5 heteroatoms. The molecule has 1 N–H and O–H groups in total. The maximum Gasteiger partial charge on any atom is 0.161 e. The first kappa shape index (κ1) is 15.1. The molecule has 0 aliphatic carbocycles. The highest BCUT2D eigenvalue weighted by Crippen LogP contribution is 2.31. The average Bonchev–Trinajstić information content (AvgIpc) is 2.65. The van der Waals surface area contributed by atoms with Crippen molar-refractivity contribution in [3.63, 3.8) is 0 Å². The zero-order valence-corrected chi connectivity index (χ0v) is 13.5. The molecule has 4 rings (SSSR count). The minimum absolute atomic E-state index is 0.619. The molecule has 2 aliphatic heterocycles. The van der Waals surface area contributed by atoms with Gasteiger partial charge in [-0.05, 0) is 48.4 Å². The van der Waals surface area contributed by atoms with E-state index in [1.54, 1.807) is 0 Å². The maximum atomic E-state index is 5.62. The van der Waals surface area contributed by atoms with Crippen LogP contribution in [0.1, 0.15) is 11.1 Å². The number of hydrogen-bond donors (Lipinski definition) is 1. The van der Waals surface area contributed by atoms with Gasteiger partial charge >= 0.3 is 0 Å². The Morgan fingerprint density at radius 3 is 1.88 bits per heavy atom. The van der Waals surface area contributed by atoms with Crippen molar-refractivity contribution in [2.24, 2.45) is 0 Å². The lowest BCUT2D eigenvalue weighted by atomic mass is 10.1. The zero-order chi connectivity index (χ0) is 16.2. The second-order valence-corrected chi connectivity index (χ2v) is 5.88. The molecular formula is C19H21NO4. The predicted molar refractivity (Wildman–Crippen MR) is 90.3 cm³/mol. The Morgan fingerprint density at radius 1 is 0.667 bits per heavy atom. The summed E-state index contributed by atoms with van der Waals surface area (Å²) in [6, 6.07) is 12.3. The van der Waals surface area contributed by atoms with Gasteiger partial charge in [0.15, 0.2) is 23.0 Å². The summed E-state index contributed by atoms with van der Waals surface area (Å²) in [5, 5.41) is 3.47. The van der Waals surface area contributed by atoms with E-state index in [1.807, 2.05) is 18.2 Å². The van der Waals surface area contributed by atoms with Gasteiger partial charge in [0.25, 0.3) is 0 Å². The molecule has 0 spiro atoms. The van der Waals surface area contributed by atoms with Crippen LogP contribution in [0.5, 0.6) is 23.0 Å². The molecule has 0 aromatic heterocycles. The Bertz CT molecular complexity index is 655. The molecule has 5 nitrogen and oxygen atoms in total. The smallest absolute Gasteiger partial charge is 0.161 e. The first-order valence-corrected chi connectivity index (χ1v) is 8.36. The third kappa shape index (κ3) is 3.41. The largest absolute Gasteiger partial charge is 0.486 e. The van der Waals surface area contributed by atoms with E-state index in [1.165, 1.54) is 11.1 Å². The van der Waals surface area contributed by atoms with Crippen LogP contribution in [-0.2, 0) is 13.0 Å². The lowest BCUT2D eigenvalue weighted by Gasteiger charge is -2.19. The summed E-state index contributed by atoms with van der Waals surface area (Å²) in [6.07, 6.45) is 0.946. The molecule has 0 saturated carbocycles. The molecule has 0 amide bonds. The van der Waals surface area contributed by atoms with Crippen LogP contribution >= 0.6 is 0 Å². The molecule has 0 atom stereocenters. The van der Waals surface area contributed by atoms with Crippen LogP contribution in [0.4, 0.5) is 0 Å². The first-order chi connectivity index (χ1) is 11.9. The summed E-state index contributed by atoms with van der Waals surface area (Å²) in [7, 11) is 0. The number of fused-ring (bicyclic) bond motifs is 2. The van der Waals surface area contributed by atoms with Crippen LogP contribution < -0.4 is 24.3 Å². The Balaban J connectivity index is 1.28. The van der Waals surface area contributed by atoms with Crippen molar-refractivity contribution >= 4 is 0 Å². The minimum atomic E-state index is 0.619. The highest BCUT2D eigenvalue weighted by atomic mass is 16.6. The summed E-state index contributed by atoms with van der Waals surface area (Å²) >= 11 is 0. The molecule has 0 fully saturated rings. The van der Waals surface area contributed by atoms with Crippen LogP contribution in [0.3, 0.4) is 0 Å². The van der Waals surface area contributed by atoms with Crippen LogP contribution in [0.25, 0.3) is 0 Å². The minimum Gasteiger partial charge on any atom is -0.486 e. The van der Waals surface area contributed by atoms with E-state index in [2.05, 4.69) is 23.5 Å². The second-order valence-electron chi connectivity index (χ2n) is 5.88. The van der Waals surface area contributed by atoms with E-state index in [4.69, 9.17) is 18.9 Å². The predicted octanol–water partition coefficient (Wildman–Crippen LogP) is 2.56. The van der Waals surface area contributed by atoms with Crippen LogP contribution in [0, 0.1) is 0 Å². The van der Waals surface area contributed by atoms with Crippen molar-refractivity contribution < 1.29 is 18.9 Å². The Labute approximate surface area is 141 Å². The summed E-state index contributed by atoms with van der Waals surface area (Å²) in [5.74, 6) is 3.37. The summed E-state index contributed by atoms with van der Waals surface area (Å²) in [5.41, 5.74) is 2.44. The Hall–Kier alpha value is -2.40. The normalized spacial score (nSPS) is 15.2. The highest BCUT2D eigenvalue weighted by molar-refractivity contribution is 5.44. The molecule has 2 heterocycles. The highest BCUT2D eigenvalue weighted by Gasteiger charge is 2.12. The van der Waals surface area contributed by atoms with Crippen molar-refractivity contribution in [2.45, 2.75) is 13.0 Å². The molecule has 24 heavy (non-hydrogen) atoms. The van der Waals surface area contributed by atoms with Gasteiger partial charge in [-0.2, -0.15) is 0 Å². The van der Waals surface area contributed by atoms with E-state index >= 15 is 0 Å². The monoisotopic (exact) mass is 327 g/mol. The third-order valence-electron chi connectivity index (χ3n) is 4.13. The average molecular weight is 327 g/mol. The maximum absolute atomic E-state index is 5.62. The molecule has 2 aliphatic rings. The van der Waals surface area contributed by atoms with Crippen LogP contribution in [0.15, 0.2) is 36.4 Å². The fourth-order valence-corrected chi connectivity index (χ4v) is 2.91. The van der Waals surface area contributed by atoms with E-state index in [9.17, 15) is 0 Å². The molecule has 2 aromatic rings. The standard InChI is InChI=1S/C19H21NO4/c1-3-16-18(23-9-7-21-16)11-14(1)5-6-20-13-15-2-4-17-19(12-15)24-10-8-22-17/h1-4,11-12,20H,5-10,13H2. The number of hydrogen-bond acceptors (Lipinski definition) is 5. The number of ether oxygens (including phenoxy) is 4. The van der Waals surface area contributed by atoms with Gasteiger partial charge in [-0.25, -0.2) is 0 Å². The van der Waals surface area contributed by atoms with Crippen molar-refractivity contribution in [2.75, 3.05) is 33.0 Å². The summed E-state index contributed by atoms with van der Waals surface area (Å²) < 4.78 is 22.3. The van der Waals surface area contributed by atoms with Gasteiger partial charge in [-0.1, -0.05) is 12.1 Å². The van der Waals surface area contributed by atoms with Gasteiger partial charge in [0.2, 0.25) is 0 Å². The zero-order valence-electron chi connectivity index (χ0n) is 13.5. The number of benzene rings is 2. The lowest BCUT2D eigenvalue weighted by Crippen LogP contribution is -2.19. The molecule has 126 valence electrons. The Kier molecular flexibility index (Phi) is 4.42. The van der Waals surface area contributed by atoms with E-state index < -0.39 is 0 Å². The van der Waals surface area contributed by atoms with Crippen LogP contribution in [-0.4, -0.2) is 33.0 Å². The van der Waals surface area contributed by atoms with E-state index in [0.29, 0.717) is 26.4 Å². The van der Waals surface area contributed by atoms with Gasteiger partial charge in [0.05, 0.1) is 0 Å². The fourth-order valence-electron chi connectivity index (χ4n) is 2.91. The number of nitrogens with one attached hydrogen (secondary N) is 1. The second kappa shape index (κ2) is 7.01. The quantitative estimate of drug-likeness (QED) is 0.856. The van der Waals surface area contributed by atoms with Crippen molar-refractivity contribution in [3.05, 3.63) is 47.5 Å². The molecule has 0 unspecified atom stereocenters. The fraction of sp³-hybridized carbons (Fsp3) is 0.368. The molecule has 0 saturated heterocycles. The SMILES string of the molecule is c1cc2c(cc1CCNCc1ccc3c(c1)OCCO3)OCCO2. The van der Waals surface area contributed by atoms with Gasteiger partial charge in [0.1, 0.15) is 26.4 Å². The van der Waals surface area contributed by atoms with Crippen molar-refractivity contribution in [1.29, 1.82) is 0 Å². The lowest BCUT2D eigenvalue weighted by molar-refractivity contribution is 0.171. The molecule has 0 radical (unpaired) electrons. The van der Waals surface area contributed by atoms with Gasteiger partial charge in [0, 0.05) is 6.54 Å². The van der Waals surface area contributed by atoms with E-state index in [0.717, 1.165) is 42.5 Å². The topological polar surface area (TPSA) is 49.0 Å². The summed E-state index contributed by atoms with van der Waals surface area (Å²) in [4.78, 5) is 0. The third-order valence-corrected chi connectivity index (χ3v) is 4.13. The first-order valence-electron chi connectivity index (χ1n) is 8.36. The van der Waals surface area contributed by atoms with Crippen molar-refractivity contribution in [1.82, 2.24) is 5.32 Å². The van der Waals surface area contributed by atoms with Crippen LogP contribution in [0.2, 0.25) is 0 Å². The van der Waals surface area contributed by atoms with Gasteiger partial charge in [-0.3, -0.25) is 0 Å². The Morgan fingerprint density at radius 2 is 1.21 bits per heavy atom. The molecule has 0 bridgehead atoms. The summed E-state index contributed by atoms with van der Waals surface area (Å²) in [6.45, 7) is 4.20. The number of rotatable bonds is 5. The molecular weight excluding hydrogens is 306 g/mol.